The average molecular weight is 499 g/mol. The Kier molecular flexibility index (Phi) is 8.10. The number of piperazine rings is 1. The number of carbonyl (C=O) groups is 1. The van der Waals surface area contributed by atoms with Crippen LogP contribution in [0.25, 0.3) is 11.1 Å². The van der Waals surface area contributed by atoms with Gasteiger partial charge >= 0.3 is 6.18 Å². The number of ether oxygens (including phenoxy) is 1. The SMILES string of the molecule is CCOc1cncc(-c2ccccc2CN2CCN(c3ccc(C(=O)NCC(F)(F)F)cc3)CC2)c1. The first-order valence-corrected chi connectivity index (χ1v) is 11.9. The smallest absolute Gasteiger partial charge is 0.405 e. The third-order valence-electron chi connectivity index (χ3n) is 6.06. The van der Waals surface area contributed by atoms with E-state index in [9.17, 15) is 18.0 Å². The van der Waals surface area contributed by atoms with Crippen molar-refractivity contribution in [2.45, 2.75) is 19.6 Å². The highest BCUT2D eigenvalue weighted by Crippen LogP contribution is 2.28. The second-order valence-corrected chi connectivity index (χ2v) is 8.61. The minimum atomic E-state index is -4.43. The Bertz CT molecular complexity index is 1160. The van der Waals surface area contributed by atoms with Crippen molar-refractivity contribution < 1.29 is 22.7 Å². The van der Waals surface area contributed by atoms with E-state index in [0.717, 1.165) is 55.3 Å². The number of hydrogen-bond acceptors (Lipinski definition) is 5. The lowest BCUT2D eigenvalue weighted by atomic mass is 10.0. The minimum Gasteiger partial charge on any atom is -0.492 e. The third kappa shape index (κ3) is 6.75. The van der Waals surface area contributed by atoms with Gasteiger partial charge in [0.15, 0.2) is 0 Å². The van der Waals surface area contributed by atoms with E-state index < -0.39 is 18.6 Å². The van der Waals surface area contributed by atoms with Crippen molar-refractivity contribution in [3.05, 3.63) is 78.1 Å². The van der Waals surface area contributed by atoms with Crippen LogP contribution in [0.3, 0.4) is 0 Å². The van der Waals surface area contributed by atoms with Crippen LogP contribution in [0.2, 0.25) is 0 Å². The molecule has 1 fully saturated rings. The maximum Gasteiger partial charge on any atom is 0.405 e. The summed E-state index contributed by atoms with van der Waals surface area (Å²) in [5, 5.41) is 1.90. The highest BCUT2D eigenvalue weighted by molar-refractivity contribution is 5.94. The molecular weight excluding hydrogens is 469 g/mol. The van der Waals surface area contributed by atoms with Gasteiger partial charge < -0.3 is 15.0 Å². The third-order valence-corrected chi connectivity index (χ3v) is 6.06. The lowest BCUT2D eigenvalue weighted by Gasteiger charge is -2.36. The predicted octanol–water partition coefficient (Wildman–Crippen LogP) is 4.76. The normalized spacial score (nSPS) is 14.5. The van der Waals surface area contributed by atoms with Gasteiger partial charge in [-0.25, -0.2) is 0 Å². The fourth-order valence-electron chi connectivity index (χ4n) is 4.26. The van der Waals surface area contributed by atoms with Gasteiger partial charge in [-0.1, -0.05) is 24.3 Å². The maximum atomic E-state index is 12.3. The van der Waals surface area contributed by atoms with Crippen molar-refractivity contribution in [2.24, 2.45) is 0 Å². The molecule has 4 rings (SSSR count). The van der Waals surface area contributed by atoms with Crippen LogP contribution in [0.15, 0.2) is 67.0 Å². The molecule has 0 saturated carbocycles. The molecule has 1 aliphatic rings. The molecule has 6 nitrogen and oxygen atoms in total. The van der Waals surface area contributed by atoms with Crippen LogP contribution in [-0.2, 0) is 6.54 Å². The van der Waals surface area contributed by atoms with Crippen molar-refractivity contribution >= 4 is 11.6 Å². The van der Waals surface area contributed by atoms with Gasteiger partial charge in [0, 0.05) is 55.7 Å². The van der Waals surface area contributed by atoms with Crippen LogP contribution in [0.5, 0.6) is 5.75 Å². The highest BCUT2D eigenvalue weighted by Gasteiger charge is 2.28. The largest absolute Gasteiger partial charge is 0.492 e. The van der Waals surface area contributed by atoms with E-state index in [1.807, 2.05) is 36.6 Å². The number of nitrogens with zero attached hydrogens (tertiary/aromatic N) is 3. The number of aromatic nitrogens is 1. The van der Waals surface area contributed by atoms with Crippen LogP contribution in [-0.4, -0.2) is 61.3 Å². The first kappa shape index (κ1) is 25.5. The molecule has 0 bridgehead atoms. The minimum absolute atomic E-state index is 0.209. The molecule has 0 atom stereocenters. The fraction of sp³-hybridized carbons (Fsp3) is 0.333. The number of benzene rings is 2. The second-order valence-electron chi connectivity index (χ2n) is 8.61. The van der Waals surface area contributed by atoms with Gasteiger partial charge in [0.1, 0.15) is 12.3 Å². The molecule has 9 heteroatoms. The first-order valence-electron chi connectivity index (χ1n) is 11.9. The molecule has 36 heavy (non-hydrogen) atoms. The molecule has 190 valence electrons. The van der Waals surface area contributed by atoms with Gasteiger partial charge in [-0.3, -0.25) is 14.7 Å². The number of hydrogen-bond donors (Lipinski definition) is 1. The van der Waals surface area contributed by atoms with E-state index in [1.54, 1.807) is 30.5 Å². The lowest BCUT2D eigenvalue weighted by molar-refractivity contribution is -0.123. The molecule has 1 aliphatic heterocycles. The average Bonchev–Trinajstić information content (AvgIpc) is 2.88. The van der Waals surface area contributed by atoms with Crippen LogP contribution in [0, 0.1) is 0 Å². The molecule has 0 unspecified atom stereocenters. The van der Waals surface area contributed by atoms with Crippen molar-refractivity contribution in [3.8, 4) is 16.9 Å². The highest BCUT2D eigenvalue weighted by atomic mass is 19.4. The molecule has 2 aromatic carbocycles. The summed E-state index contributed by atoms with van der Waals surface area (Å²) in [5.41, 5.74) is 4.53. The summed E-state index contributed by atoms with van der Waals surface area (Å²) in [6, 6.07) is 17.0. The van der Waals surface area contributed by atoms with E-state index in [0.29, 0.717) is 6.61 Å². The Morgan fingerprint density at radius 3 is 2.44 bits per heavy atom. The van der Waals surface area contributed by atoms with Crippen molar-refractivity contribution in [3.63, 3.8) is 0 Å². The Hall–Kier alpha value is -3.59. The predicted molar refractivity (Wildman–Crippen MR) is 133 cm³/mol. The first-order chi connectivity index (χ1) is 17.3. The summed E-state index contributed by atoms with van der Waals surface area (Å²) >= 11 is 0. The van der Waals surface area contributed by atoms with E-state index in [1.165, 1.54) is 5.56 Å². The van der Waals surface area contributed by atoms with Gasteiger partial charge in [-0.15, -0.1) is 0 Å². The molecule has 0 spiro atoms. The Labute approximate surface area is 208 Å². The van der Waals surface area contributed by atoms with E-state index >= 15 is 0 Å². The molecule has 2 heterocycles. The van der Waals surface area contributed by atoms with Gasteiger partial charge in [0.2, 0.25) is 0 Å². The Morgan fingerprint density at radius 2 is 1.75 bits per heavy atom. The van der Waals surface area contributed by atoms with Gasteiger partial charge in [0.25, 0.3) is 5.91 Å². The van der Waals surface area contributed by atoms with E-state index in [2.05, 4.69) is 26.9 Å². The number of rotatable bonds is 8. The number of pyridine rings is 1. The van der Waals surface area contributed by atoms with E-state index in [4.69, 9.17) is 4.74 Å². The summed E-state index contributed by atoms with van der Waals surface area (Å²) in [6.07, 6.45) is -0.858. The summed E-state index contributed by atoms with van der Waals surface area (Å²) in [4.78, 5) is 20.9. The molecule has 0 aliphatic carbocycles. The summed E-state index contributed by atoms with van der Waals surface area (Å²) in [7, 11) is 0. The van der Waals surface area contributed by atoms with Crippen molar-refractivity contribution in [1.82, 2.24) is 15.2 Å². The van der Waals surface area contributed by atoms with Gasteiger partial charge in [-0.2, -0.15) is 13.2 Å². The molecule has 3 aromatic rings. The molecular formula is C27H29F3N4O2. The van der Waals surface area contributed by atoms with Gasteiger partial charge in [0.05, 0.1) is 12.8 Å². The van der Waals surface area contributed by atoms with Crippen molar-refractivity contribution in [2.75, 3.05) is 44.2 Å². The zero-order chi connectivity index (χ0) is 25.5. The van der Waals surface area contributed by atoms with Crippen molar-refractivity contribution in [1.29, 1.82) is 0 Å². The summed E-state index contributed by atoms with van der Waals surface area (Å²) in [5.74, 6) is 0.0200. The van der Waals surface area contributed by atoms with Crippen LogP contribution < -0.4 is 15.0 Å². The topological polar surface area (TPSA) is 57.7 Å². The van der Waals surface area contributed by atoms with Crippen LogP contribution in [0.1, 0.15) is 22.8 Å². The number of anilines is 1. The Balaban J connectivity index is 1.35. The standard InChI is InChI=1S/C27H29F3N4O2/c1-2-36-24-15-22(16-31-17-24)25-6-4-3-5-21(25)18-33-11-13-34(14-12-33)23-9-7-20(8-10-23)26(35)32-19-27(28,29)30/h3-10,15-17H,2,11-14,18-19H2,1H3,(H,32,35). The molecule has 1 saturated heterocycles. The summed E-state index contributed by atoms with van der Waals surface area (Å²) in [6.45, 7) is 5.34. The fourth-order valence-corrected chi connectivity index (χ4v) is 4.26. The second kappa shape index (κ2) is 11.4. The number of carbonyl (C=O) groups excluding carboxylic acids is 1. The number of amides is 1. The number of nitrogens with one attached hydrogen (secondary N) is 1. The number of halogens is 3. The van der Waals surface area contributed by atoms with Crippen LogP contribution in [0.4, 0.5) is 18.9 Å². The quantitative estimate of drug-likeness (QED) is 0.485. The monoisotopic (exact) mass is 498 g/mol. The zero-order valence-corrected chi connectivity index (χ0v) is 20.1. The summed E-state index contributed by atoms with van der Waals surface area (Å²) < 4.78 is 42.6. The molecule has 1 amide bonds. The molecule has 1 N–H and O–H groups in total. The lowest BCUT2D eigenvalue weighted by Crippen LogP contribution is -2.46. The van der Waals surface area contributed by atoms with Gasteiger partial charge in [-0.05, 0) is 48.4 Å². The Morgan fingerprint density at radius 1 is 1.03 bits per heavy atom. The van der Waals surface area contributed by atoms with E-state index in [-0.39, 0.29) is 5.56 Å². The number of alkyl halides is 3. The maximum absolute atomic E-state index is 12.3. The molecule has 0 radical (unpaired) electrons. The zero-order valence-electron chi connectivity index (χ0n) is 20.1. The molecule has 1 aromatic heterocycles. The van der Waals surface area contributed by atoms with Crippen LogP contribution >= 0.6 is 0 Å².